The van der Waals surface area contributed by atoms with Crippen molar-refractivity contribution in [2.45, 2.75) is 19.3 Å². The molecule has 0 aliphatic heterocycles. The SMILES string of the molecule is COC(=O)C1CCc2cccc(-c3ccccc3)c2C1. The lowest BCUT2D eigenvalue weighted by Crippen LogP contribution is -2.24. The standard InChI is InChI=1S/C18H18O2/c1-20-18(19)15-11-10-14-8-5-9-16(17(14)12-15)13-6-3-2-4-7-13/h2-9,15H,10-12H2,1H3. The Morgan fingerprint density at radius 1 is 1.10 bits per heavy atom. The van der Waals surface area contributed by atoms with Crippen molar-refractivity contribution in [2.75, 3.05) is 7.11 Å². The first kappa shape index (κ1) is 12.9. The maximum atomic E-state index is 11.8. The van der Waals surface area contributed by atoms with E-state index in [1.54, 1.807) is 0 Å². The van der Waals surface area contributed by atoms with Crippen molar-refractivity contribution in [2.24, 2.45) is 5.92 Å². The molecule has 2 heteroatoms. The van der Waals surface area contributed by atoms with Gasteiger partial charge in [0.25, 0.3) is 0 Å². The highest BCUT2D eigenvalue weighted by Gasteiger charge is 2.26. The van der Waals surface area contributed by atoms with Crippen molar-refractivity contribution in [3.8, 4) is 11.1 Å². The van der Waals surface area contributed by atoms with E-state index in [1.807, 2.05) is 6.07 Å². The topological polar surface area (TPSA) is 26.3 Å². The van der Waals surface area contributed by atoms with Crippen LogP contribution in [0.4, 0.5) is 0 Å². The predicted octanol–water partition coefficient (Wildman–Crippen LogP) is 3.63. The third-order valence-electron chi connectivity index (χ3n) is 4.11. The molecule has 3 rings (SSSR count). The summed E-state index contributed by atoms with van der Waals surface area (Å²) in [5.74, 6) is -0.0872. The molecular weight excluding hydrogens is 248 g/mol. The minimum absolute atomic E-state index is 0.00244. The molecule has 0 aromatic heterocycles. The zero-order valence-corrected chi connectivity index (χ0v) is 11.6. The Balaban J connectivity index is 2.01. The van der Waals surface area contributed by atoms with E-state index in [4.69, 9.17) is 4.74 Å². The lowest BCUT2D eigenvalue weighted by molar-refractivity contribution is -0.145. The molecular formula is C18H18O2. The molecule has 2 aromatic carbocycles. The fourth-order valence-electron chi connectivity index (χ4n) is 3.04. The lowest BCUT2D eigenvalue weighted by Gasteiger charge is -2.25. The number of carbonyl (C=O) groups is 1. The molecule has 0 spiro atoms. The molecule has 0 saturated carbocycles. The Bertz CT molecular complexity index is 617. The zero-order valence-electron chi connectivity index (χ0n) is 11.6. The molecule has 0 saturated heterocycles. The van der Waals surface area contributed by atoms with E-state index < -0.39 is 0 Å². The van der Waals surface area contributed by atoms with Crippen LogP contribution in [0.2, 0.25) is 0 Å². The van der Waals surface area contributed by atoms with E-state index in [1.165, 1.54) is 29.4 Å². The summed E-state index contributed by atoms with van der Waals surface area (Å²) < 4.78 is 4.91. The van der Waals surface area contributed by atoms with Crippen LogP contribution < -0.4 is 0 Å². The first-order valence-electron chi connectivity index (χ1n) is 7.03. The minimum atomic E-state index is -0.0847. The van der Waals surface area contributed by atoms with Crippen LogP contribution in [0.15, 0.2) is 48.5 Å². The molecule has 2 nitrogen and oxygen atoms in total. The maximum absolute atomic E-state index is 11.8. The molecule has 0 heterocycles. The highest BCUT2D eigenvalue weighted by atomic mass is 16.5. The second-order valence-electron chi connectivity index (χ2n) is 5.27. The van der Waals surface area contributed by atoms with Gasteiger partial charge in [-0.15, -0.1) is 0 Å². The summed E-state index contributed by atoms with van der Waals surface area (Å²) in [5.41, 5.74) is 5.14. The van der Waals surface area contributed by atoms with Crippen LogP contribution >= 0.6 is 0 Å². The number of aryl methyl sites for hydroxylation is 1. The number of rotatable bonds is 2. The van der Waals surface area contributed by atoms with Gasteiger partial charge in [-0.3, -0.25) is 4.79 Å². The van der Waals surface area contributed by atoms with Crippen molar-refractivity contribution >= 4 is 5.97 Å². The average Bonchev–Trinajstić information content (AvgIpc) is 2.54. The normalized spacial score (nSPS) is 17.4. The van der Waals surface area contributed by atoms with Gasteiger partial charge < -0.3 is 4.74 Å². The van der Waals surface area contributed by atoms with Crippen LogP contribution in [0.5, 0.6) is 0 Å². The number of methoxy groups -OCH3 is 1. The van der Waals surface area contributed by atoms with E-state index in [-0.39, 0.29) is 11.9 Å². The van der Waals surface area contributed by atoms with Crippen molar-refractivity contribution in [3.05, 3.63) is 59.7 Å². The Morgan fingerprint density at radius 2 is 1.90 bits per heavy atom. The number of carbonyl (C=O) groups excluding carboxylic acids is 1. The number of hydrogen-bond donors (Lipinski definition) is 0. The van der Waals surface area contributed by atoms with E-state index in [9.17, 15) is 4.79 Å². The van der Waals surface area contributed by atoms with Crippen LogP contribution in [0.25, 0.3) is 11.1 Å². The van der Waals surface area contributed by atoms with Crippen LogP contribution in [0, 0.1) is 5.92 Å². The Morgan fingerprint density at radius 3 is 2.65 bits per heavy atom. The fourth-order valence-corrected chi connectivity index (χ4v) is 3.04. The smallest absolute Gasteiger partial charge is 0.309 e. The molecule has 1 unspecified atom stereocenters. The van der Waals surface area contributed by atoms with Gasteiger partial charge in [-0.1, -0.05) is 48.5 Å². The molecule has 0 bridgehead atoms. The Labute approximate surface area is 119 Å². The minimum Gasteiger partial charge on any atom is -0.469 e. The summed E-state index contributed by atoms with van der Waals surface area (Å²) in [6.07, 6.45) is 2.63. The second-order valence-corrected chi connectivity index (χ2v) is 5.27. The van der Waals surface area contributed by atoms with Gasteiger partial charge in [-0.25, -0.2) is 0 Å². The number of fused-ring (bicyclic) bond motifs is 1. The monoisotopic (exact) mass is 266 g/mol. The Kier molecular flexibility index (Phi) is 3.55. The third kappa shape index (κ3) is 2.34. The highest BCUT2D eigenvalue weighted by molar-refractivity contribution is 5.75. The second kappa shape index (κ2) is 5.49. The van der Waals surface area contributed by atoms with E-state index in [2.05, 4.69) is 42.5 Å². The summed E-state index contributed by atoms with van der Waals surface area (Å²) in [5, 5.41) is 0. The van der Waals surface area contributed by atoms with Crippen molar-refractivity contribution in [3.63, 3.8) is 0 Å². The van der Waals surface area contributed by atoms with Gasteiger partial charge in [0, 0.05) is 0 Å². The van der Waals surface area contributed by atoms with E-state index in [0.717, 1.165) is 19.3 Å². The quantitative estimate of drug-likeness (QED) is 0.776. The van der Waals surface area contributed by atoms with Crippen LogP contribution in [-0.4, -0.2) is 13.1 Å². The molecule has 1 aliphatic carbocycles. The molecule has 0 N–H and O–H groups in total. The summed E-state index contributed by atoms with van der Waals surface area (Å²) in [7, 11) is 1.47. The van der Waals surface area contributed by atoms with Crippen LogP contribution in [0.3, 0.4) is 0 Å². The Hall–Kier alpha value is -2.09. The maximum Gasteiger partial charge on any atom is 0.309 e. The van der Waals surface area contributed by atoms with Gasteiger partial charge in [-0.05, 0) is 41.5 Å². The molecule has 1 atom stereocenters. The summed E-state index contributed by atoms with van der Waals surface area (Å²) in [4.78, 5) is 11.8. The molecule has 102 valence electrons. The largest absolute Gasteiger partial charge is 0.469 e. The van der Waals surface area contributed by atoms with E-state index >= 15 is 0 Å². The van der Waals surface area contributed by atoms with Crippen LogP contribution in [-0.2, 0) is 22.4 Å². The molecule has 20 heavy (non-hydrogen) atoms. The molecule has 2 aromatic rings. The van der Waals surface area contributed by atoms with Gasteiger partial charge in [0.2, 0.25) is 0 Å². The molecule has 0 fully saturated rings. The van der Waals surface area contributed by atoms with Crippen molar-refractivity contribution < 1.29 is 9.53 Å². The first-order chi connectivity index (χ1) is 9.79. The number of benzene rings is 2. The fraction of sp³-hybridized carbons (Fsp3) is 0.278. The number of ether oxygens (including phenoxy) is 1. The highest BCUT2D eigenvalue weighted by Crippen LogP contribution is 2.34. The summed E-state index contributed by atoms with van der Waals surface area (Å²) >= 11 is 0. The zero-order chi connectivity index (χ0) is 13.9. The third-order valence-corrected chi connectivity index (χ3v) is 4.11. The predicted molar refractivity (Wildman–Crippen MR) is 79.4 cm³/mol. The number of esters is 1. The molecule has 0 radical (unpaired) electrons. The number of hydrogen-bond acceptors (Lipinski definition) is 2. The van der Waals surface area contributed by atoms with Gasteiger partial charge in [0.1, 0.15) is 0 Å². The van der Waals surface area contributed by atoms with Gasteiger partial charge in [-0.2, -0.15) is 0 Å². The first-order valence-corrected chi connectivity index (χ1v) is 7.03. The molecule has 0 amide bonds. The van der Waals surface area contributed by atoms with Crippen molar-refractivity contribution in [1.29, 1.82) is 0 Å². The summed E-state index contributed by atoms with van der Waals surface area (Å²) in [6.45, 7) is 0. The summed E-state index contributed by atoms with van der Waals surface area (Å²) in [6, 6.07) is 16.8. The van der Waals surface area contributed by atoms with Gasteiger partial charge in [0.05, 0.1) is 13.0 Å². The molecule has 1 aliphatic rings. The van der Waals surface area contributed by atoms with Crippen molar-refractivity contribution in [1.82, 2.24) is 0 Å². The van der Waals surface area contributed by atoms with Crippen LogP contribution in [0.1, 0.15) is 17.5 Å². The average molecular weight is 266 g/mol. The van der Waals surface area contributed by atoms with E-state index in [0.29, 0.717) is 0 Å². The van der Waals surface area contributed by atoms with Gasteiger partial charge in [0.15, 0.2) is 0 Å². The van der Waals surface area contributed by atoms with Gasteiger partial charge >= 0.3 is 5.97 Å². The lowest BCUT2D eigenvalue weighted by atomic mass is 9.80.